The Hall–Kier alpha value is -3.45. The van der Waals surface area contributed by atoms with Gasteiger partial charge < -0.3 is 21.1 Å². The molecule has 2 atom stereocenters. The highest BCUT2D eigenvalue weighted by atomic mass is 35.5. The number of nitrogens with zero attached hydrogens (tertiary/aromatic N) is 4. The van der Waals surface area contributed by atoms with Gasteiger partial charge in [-0.1, -0.05) is 17.7 Å². The molecule has 0 spiro atoms. The number of rotatable bonds is 4. The van der Waals surface area contributed by atoms with Gasteiger partial charge in [0.1, 0.15) is 23.6 Å². The number of halogens is 5. The van der Waals surface area contributed by atoms with Crippen LogP contribution >= 0.6 is 11.6 Å². The fraction of sp³-hybridized carbons (Fsp3) is 0.364. The van der Waals surface area contributed by atoms with Gasteiger partial charge >= 0.3 is 6.18 Å². The maximum Gasteiger partial charge on any atom is 0.418 e. The van der Waals surface area contributed by atoms with Crippen molar-refractivity contribution in [2.45, 2.75) is 37.8 Å². The van der Waals surface area contributed by atoms with E-state index in [1.807, 2.05) is 0 Å². The highest BCUT2D eigenvalue weighted by molar-refractivity contribution is 6.34. The Morgan fingerprint density at radius 1 is 1.22 bits per heavy atom. The van der Waals surface area contributed by atoms with Crippen molar-refractivity contribution in [3.63, 3.8) is 0 Å². The van der Waals surface area contributed by atoms with Crippen LogP contribution in [0.15, 0.2) is 30.6 Å². The SMILES string of the molecule is CC(C)(O)C(=O)N1C[C@H](F)[C@H](NC(=O)c2cc(-c3cc(C(F)(F)F)c4c(N)ncnn34)ccc2Cl)C1. The lowest BCUT2D eigenvalue weighted by atomic mass is 10.1. The number of anilines is 1. The number of nitrogens with one attached hydrogen (secondary N) is 1. The van der Waals surface area contributed by atoms with Crippen LogP contribution in [-0.2, 0) is 11.0 Å². The third-order valence-electron chi connectivity index (χ3n) is 5.77. The smallest absolute Gasteiger partial charge is 0.382 e. The molecule has 192 valence electrons. The van der Waals surface area contributed by atoms with Crippen LogP contribution in [0.2, 0.25) is 5.02 Å². The third kappa shape index (κ3) is 4.67. The third-order valence-corrected chi connectivity index (χ3v) is 6.10. The van der Waals surface area contributed by atoms with E-state index >= 15 is 0 Å². The summed E-state index contributed by atoms with van der Waals surface area (Å²) in [6.07, 6.45) is -5.36. The molecule has 0 saturated carbocycles. The summed E-state index contributed by atoms with van der Waals surface area (Å²) in [4.78, 5) is 29.9. The van der Waals surface area contributed by atoms with Crippen molar-refractivity contribution in [3.05, 3.63) is 46.7 Å². The first-order valence-electron chi connectivity index (χ1n) is 10.6. The summed E-state index contributed by atoms with van der Waals surface area (Å²) in [5.41, 5.74) is 2.48. The summed E-state index contributed by atoms with van der Waals surface area (Å²) >= 11 is 6.18. The van der Waals surface area contributed by atoms with E-state index in [0.717, 1.165) is 21.8 Å². The number of alkyl halides is 4. The standard InChI is InChI=1S/C22H21ClF4N6O3/c1-21(2,36)20(35)32-7-14(24)15(8-32)31-19(34)11-5-10(3-4-13(11)23)16-6-12(22(25,26)27)17-18(28)29-9-30-33(16)17/h3-6,9,14-15,36H,7-8H2,1-2H3,(H,31,34)(H2,28,29,30)/t14-,15+/m0/s1. The number of carbonyl (C=O) groups is 2. The zero-order valence-corrected chi connectivity index (χ0v) is 19.7. The van der Waals surface area contributed by atoms with Gasteiger partial charge in [-0.3, -0.25) is 9.59 Å². The van der Waals surface area contributed by atoms with Crippen LogP contribution in [0.25, 0.3) is 16.8 Å². The minimum Gasteiger partial charge on any atom is -0.382 e. The van der Waals surface area contributed by atoms with E-state index in [-0.39, 0.29) is 40.8 Å². The topological polar surface area (TPSA) is 126 Å². The molecule has 4 N–H and O–H groups in total. The fourth-order valence-corrected chi connectivity index (χ4v) is 4.25. The molecule has 0 unspecified atom stereocenters. The van der Waals surface area contributed by atoms with Gasteiger partial charge in [0.2, 0.25) is 0 Å². The summed E-state index contributed by atoms with van der Waals surface area (Å²) < 4.78 is 56.4. The molecular formula is C22H21ClF4N6O3. The van der Waals surface area contributed by atoms with Crippen LogP contribution in [0.5, 0.6) is 0 Å². The zero-order valence-electron chi connectivity index (χ0n) is 19.0. The second kappa shape index (κ2) is 8.89. The summed E-state index contributed by atoms with van der Waals surface area (Å²) in [5.74, 6) is -1.86. The Morgan fingerprint density at radius 2 is 1.92 bits per heavy atom. The molecule has 1 fully saturated rings. The average molecular weight is 529 g/mol. The second-order valence-corrected chi connectivity index (χ2v) is 9.31. The highest BCUT2D eigenvalue weighted by Crippen LogP contribution is 2.39. The molecule has 0 aliphatic carbocycles. The number of amides is 2. The maximum atomic E-state index is 14.6. The monoisotopic (exact) mass is 528 g/mol. The molecule has 1 saturated heterocycles. The quantitative estimate of drug-likeness (QED) is 0.447. The number of carbonyl (C=O) groups excluding carboxylic acids is 2. The Balaban J connectivity index is 1.66. The van der Waals surface area contributed by atoms with Crippen LogP contribution in [0.1, 0.15) is 29.8 Å². The van der Waals surface area contributed by atoms with Crippen molar-refractivity contribution < 1.29 is 32.3 Å². The minimum atomic E-state index is -4.75. The van der Waals surface area contributed by atoms with E-state index < -0.39 is 46.9 Å². The molecule has 0 bridgehead atoms. The number of benzene rings is 1. The number of likely N-dealkylation sites (tertiary alicyclic amines) is 1. The lowest BCUT2D eigenvalue weighted by Gasteiger charge is -2.24. The number of hydrogen-bond donors (Lipinski definition) is 3. The molecular weight excluding hydrogens is 508 g/mol. The Morgan fingerprint density at radius 3 is 2.56 bits per heavy atom. The first kappa shape index (κ1) is 25.6. The summed E-state index contributed by atoms with van der Waals surface area (Å²) in [5, 5.41) is 16.2. The van der Waals surface area contributed by atoms with Gasteiger partial charge in [0.25, 0.3) is 11.8 Å². The van der Waals surface area contributed by atoms with Crippen molar-refractivity contribution in [1.82, 2.24) is 24.8 Å². The number of nitrogen functional groups attached to an aromatic ring is 1. The largest absolute Gasteiger partial charge is 0.418 e. The Kier molecular flexibility index (Phi) is 6.33. The van der Waals surface area contributed by atoms with E-state index in [2.05, 4.69) is 15.4 Å². The molecule has 0 radical (unpaired) electrons. The van der Waals surface area contributed by atoms with Crippen LogP contribution in [0.4, 0.5) is 23.4 Å². The van der Waals surface area contributed by atoms with Crippen molar-refractivity contribution in [3.8, 4) is 11.3 Å². The minimum absolute atomic E-state index is 0.0247. The predicted molar refractivity (Wildman–Crippen MR) is 122 cm³/mol. The molecule has 36 heavy (non-hydrogen) atoms. The zero-order chi connectivity index (χ0) is 26.6. The average Bonchev–Trinajstić information content (AvgIpc) is 3.34. The van der Waals surface area contributed by atoms with Crippen molar-refractivity contribution in [2.75, 3.05) is 18.8 Å². The number of hydrogen-bond acceptors (Lipinski definition) is 6. The van der Waals surface area contributed by atoms with Gasteiger partial charge in [-0.25, -0.2) is 13.9 Å². The van der Waals surface area contributed by atoms with Crippen molar-refractivity contribution in [2.24, 2.45) is 0 Å². The molecule has 14 heteroatoms. The van der Waals surface area contributed by atoms with Crippen molar-refractivity contribution in [1.29, 1.82) is 0 Å². The Bertz CT molecular complexity index is 1350. The predicted octanol–water partition coefficient (Wildman–Crippen LogP) is 2.70. The molecule has 1 aromatic carbocycles. The number of aromatic nitrogens is 3. The van der Waals surface area contributed by atoms with E-state index in [0.29, 0.717) is 0 Å². The van der Waals surface area contributed by atoms with E-state index in [9.17, 15) is 32.3 Å². The fourth-order valence-electron chi connectivity index (χ4n) is 4.05. The number of fused-ring (bicyclic) bond motifs is 1. The van der Waals surface area contributed by atoms with Crippen LogP contribution in [-0.4, -0.2) is 67.3 Å². The first-order valence-corrected chi connectivity index (χ1v) is 11.0. The van der Waals surface area contributed by atoms with Gasteiger partial charge in [0.05, 0.1) is 34.4 Å². The normalized spacial score (nSPS) is 18.6. The van der Waals surface area contributed by atoms with Gasteiger partial charge in [0, 0.05) is 12.1 Å². The molecule has 4 rings (SSSR count). The number of nitrogens with two attached hydrogens (primary N) is 1. The van der Waals surface area contributed by atoms with E-state index in [1.165, 1.54) is 32.0 Å². The lowest BCUT2D eigenvalue weighted by Crippen LogP contribution is -2.46. The molecule has 1 aliphatic heterocycles. The van der Waals surface area contributed by atoms with Gasteiger partial charge in [-0.2, -0.15) is 18.3 Å². The van der Waals surface area contributed by atoms with Gasteiger partial charge in [-0.15, -0.1) is 0 Å². The lowest BCUT2D eigenvalue weighted by molar-refractivity contribution is -0.146. The molecule has 2 amide bonds. The first-order chi connectivity index (χ1) is 16.7. The van der Waals surface area contributed by atoms with Crippen LogP contribution in [0, 0.1) is 0 Å². The molecule has 3 heterocycles. The van der Waals surface area contributed by atoms with Crippen molar-refractivity contribution >= 4 is 34.7 Å². The molecule has 9 nitrogen and oxygen atoms in total. The summed E-state index contributed by atoms with van der Waals surface area (Å²) in [7, 11) is 0. The van der Waals surface area contributed by atoms with Crippen LogP contribution in [0.3, 0.4) is 0 Å². The molecule has 2 aromatic heterocycles. The van der Waals surface area contributed by atoms with E-state index in [4.69, 9.17) is 17.3 Å². The highest BCUT2D eigenvalue weighted by Gasteiger charge is 2.41. The molecule has 1 aliphatic rings. The second-order valence-electron chi connectivity index (χ2n) is 8.91. The van der Waals surface area contributed by atoms with Crippen LogP contribution < -0.4 is 11.1 Å². The number of aliphatic hydroxyl groups is 1. The van der Waals surface area contributed by atoms with Gasteiger partial charge in [0.15, 0.2) is 5.82 Å². The van der Waals surface area contributed by atoms with E-state index in [1.54, 1.807) is 0 Å². The van der Waals surface area contributed by atoms with Gasteiger partial charge in [-0.05, 0) is 32.0 Å². The summed E-state index contributed by atoms with van der Waals surface area (Å²) in [6.45, 7) is 2.04. The summed E-state index contributed by atoms with van der Waals surface area (Å²) in [6, 6.07) is 3.72. The maximum absolute atomic E-state index is 14.6. The molecule has 3 aromatic rings. The Labute approximate surface area is 206 Å².